The van der Waals surface area contributed by atoms with Crippen molar-refractivity contribution in [1.82, 2.24) is 0 Å². The molecule has 0 saturated heterocycles. The number of primary amides is 1. The van der Waals surface area contributed by atoms with Crippen LogP contribution >= 0.6 is 0 Å². The van der Waals surface area contributed by atoms with E-state index in [1.807, 2.05) is 0 Å². The Kier molecular flexibility index (Phi) is 6.05. The van der Waals surface area contributed by atoms with Crippen molar-refractivity contribution in [2.75, 3.05) is 12.3 Å². The zero-order chi connectivity index (χ0) is 13.4. The van der Waals surface area contributed by atoms with Gasteiger partial charge in [-0.25, -0.2) is 0 Å². The van der Waals surface area contributed by atoms with Gasteiger partial charge in [-0.05, 0) is 18.6 Å². The van der Waals surface area contributed by atoms with Crippen LogP contribution in [-0.4, -0.2) is 12.5 Å². The molecule has 0 aromatic heterocycles. The fourth-order valence-corrected chi connectivity index (χ4v) is 1.75. The van der Waals surface area contributed by atoms with Crippen LogP contribution in [-0.2, 0) is 0 Å². The van der Waals surface area contributed by atoms with E-state index in [1.54, 1.807) is 18.2 Å². The minimum Gasteiger partial charge on any atom is -0.493 e. The molecule has 1 amide bonds. The van der Waals surface area contributed by atoms with Gasteiger partial charge in [-0.2, -0.15) is 0 Å². The van der Waals surface area contributed by atoms with E-state index >= 15 is 0 Å². The lowest BCUT2D eigenvalue weighted by Gasteiger charge is -2.10. The van der Waals surface area contributed by atoms with Crippen LogP contribution in [0.15, 0.2) is 18.2 Å². The number of anilines is 1. The van der Waals surface area contributed by atoms with Crippen LogP contribution in [0.3, 0.4) is 0 Å². The van der Waals surface area contributed by atoms with Crippen LogP contribution in [0.4, 0.5) is 5.69 Å². The SMILES string of the molecule is CCCCCCCOc1cc(N)ccc1C(N)=O. The Labute approximate surface area is 108 Å². The first-order chi connectivity index (χ1) is 8.65. The molecule has 4 N–H and O–H groups in total. The molecule has 0 radical (unpaired) electrons. The average molecular weight is 250 g/mol. The highest BCUT2D eigenvalue weighted by atomic mass is 16.5. The molecule has 0 aliphatic carbocycles. The van der Waals surface area contributed by atoms with Crippen molar-refractivity contribution in [3.63, 3.8) is 0 Å². The summed E-state index contributed by atoms with van der Waals surface area (Å²) >= 11 is 0. The van der Waals surface area contributed by atoms with E-state index in [-0.39, 0.29) is 0 Å². The molecule has 1 aromatic carbocycles. The molecule has 1 aromatic rings. The summed E-state index contributed by atoms with van der Waals surface area (Å²) in [7, 11) is 0. The van der Waals surface area contributed by atoms with Crippen LogP contribution in [0, 0.1) is 0 Å². The molecule has 0 saturated carbocycles. The summed E-state index contributed by atoms with van der Waals surface area (Å²) in [5, 5.41) is 0. The summed E-state index contributed by atoms with van der Waals surface area (Å²) in [6.45, 7) is 2.77. The Bertz CT molecular complexity index is 391. The summed E-state index contributed by atoms with van der Waals surface area (Å²) in [6, 6.07) is 4.89. The summed E-state index contributed by atoms with van der Waals surface area (Å²) in [5.41, 5.74) is 11.9. The molecule has 1 rings (SSSR count). The average Bonchev–Trinajstić information content (AvgIpc) is 2.33. The van der Waals surface area contributed by atoms with Gasteiger partial charge in [0.15, 0.2) is 0 Å². The predicted molar refractivity (Wildman–Crippen MR) is 73.6 cm³/mol. The number of ether oxygens (including phenoxy) is 1. The van der Waals surface area contributed by atoms with Gasteiger partial charge in [0.25, 0.3) is 5.91 Å². The molecule has 0 fully saturated rings. The van der Waals surface area contributed by atoms with Gasteiger partial charge in [-0.3, -0.25) is 4.79 Å². The molecule has 0 unspecified atom stereocenters. The molecular weight excluding hydrogens is 228 g/mol. The van der Waals surface area contributed by atoms with Crippen LogP contribution in [0.2, 0.25) is 0 Å². The topological polar surface area (TPSA) is 78.3 Å². The van der Waals surface area contributed by atoms with Crippen molar-refractivity contribution < 1.29 is 9.53 Å². The van der Waals surface area contributed by atoms with E-state index in [0.717, 1.165) is 12.8 Å². The number of carbonyl (C=O) groups is 1. The van der Waals surface area contributed by atoms with E-state index in [2.05, 4.69) is 6.92 Å². The van der Waals surface area contributed by atoms with Crippen LogP contribution in [0.5, 0.6) is 5.75 Å². The molecular formula is C14H22N2O2. The summed E-state index contributed by atoms with van der Waals surface area (Å²) in [5.74, 6) is -0.00558. The smallest absolute Gasteiger partial charge is 0.252 e. The van der Waals surface area contributed by atoms with E-state index in [0.29, 0.717) is 23.6 Å². The van der Waals surface area contributed by atoms with Crippen molar-refractivity contribution >= 4 is 11.6 Å². The van der Waals surface area contributed by atoms with Crippen molar-refractivity contribution in [2.45, 2.75) is 39.0 Å². The lowest BCUT2D eigenvalue weighted by molar-refractivity contribution is 0.0996. The van der Waals surface area contributed by atoms with Crippen molar-refractivity contribution in [3.05, 3.63) is 23.8 Å². The Morgan fingerprint density at radius 2 is 1.94 bits per heavy atom. The largest absolute Gasteiger partial charge is 0.493 e. The zero-order valence-electron chi connectivity index (χ0n) is 10.9. The van der Waals surface area contributed by atoms with Gasteiger partial charge >= 0.3 is 0 Å². The number of amides is 1. The van der Waals surface area contributed by atoms with Crippen molar-refractivity contribution in [1.29, 1.82) is 0 Å². The third-order valence-corrected chi connectivity index (χ3v) is 2.78. The number of nitrogens with two attached hydrogens (primary N) is 2. The predicted octanol–water partition coefficient (Wildman–Crippen LogP) is 2.72. The number of hydrogen-bond donors (Lipinski definition) is 2. The Balaban J connectivity index is 2.45. The minimum absolute atomic E-state index is 0.387. The zero-order valence-corrected chi connectivity index (χ0v) is 10.9. The monoisotopic (exact) mass is 250 g/mol. The molecule has 0 heterocycles. The molecule has 0 aliphatic heterocycles. The molecule has 18 heavy (non-hydrogen) atoms. The lowest BCUT2D eigenvalue weighted by Crippen LogP contribution is -2.13. The summed E-state index contributed by atoms with van der Waals surface area (Å²) in [6.07, 6.45) is 5.82. The second kappa shape index (κ2) is 7.58. The number of hydrogen-bond acceptors (Lipinski definition) is 3. The van der Waals surface area contributed by atoms with Gasteiger partial charge in [0.1, 0.15) is 5.75 Å². The van der Waals surface area contributed by atoms with Crippen LogP contribution in [0.1, 0.15) is 49.4 Å². The molecule has 4 heteroatoms. The first kappa shape index (κ1) is 14.4. The maximum Gasteiger partial charge on any atom is 0.252 e. The van der Waals surface area contributed by atoms with E-state index in [4.69, 9.17) is 16.2 Å². The number of rotatable bonds is 8. The van der Waals surface area contributed by atoms with Crippen molar-refractivity contribution in [3.8, 4) is 5.75 Å². The normalized spacial score (nSPS) is 10.3. The Hall–Kier alpha value is -1.71. The Morgan fingerprint density at radius 1 is 1.22 bits per heavy atom. The molecule has 0 atom stereocenters. The summed E-state index contributed by atoms with van der Waals surface area (Å²) < 4.78 is 5.58. The molecule has 0 spiro atoms. The Morgan fingerprint density at radius 3 is 2.61 bits per heavy atom. The van der Waals surface area contributed by atoms with Gasteiger partial charge < -0.3 is 16.2 Å². The maximum atomic E-state index is 11.2. The minimum atomic E-state index is -0.490. The van der Waals surface area contributed by atoms with E-state index in [9.17, 15) is 4.79 Å². The highest BCUT2D eigenvalue weighted by molar-refractivity contribution is 5.96. The molecule has 0 aliphatic rings. The second-order valence-electron chi connectivity index (χ2n) is 4.38. The standard InChI is InChI=1S/C14H22N2O2/c1-2-3-4-5-6-9-18-13-10-11(15)7-8-12(13)14(16)17/h7-8,10H,2-6,9,15H2,1H3,(H2,16,17). The third-order valence-electron chi connectivity index (χ3n) is 2.78. The number of unbranched alkanes of at least 4 members (excludes halogenated alkanes) is 4. The fourth-order valence-electron chi connectivity index (χ4n) is 1.75. The maximum absolute atomic E-state index is 11.2. The third kappa shape index (κ3) is 4.65. The lowest BCUT2D eigenvalue weighted by atomic mass is 10.1. The quantitative estimate of drug-likeness (QED) is 0.550. The van der Waals surface area contributed by atoms with Crippen LogP contribution < -0.4 is 16.2 Å². The molecule has 100 valence electrons. The number of benzene rings is 1. The van der Waals surface area contributed by atoms with Gasteiger partial charge in [0, 0.05) is 11.8 Å². The molecule has 4 nitrogen and oxygen atoms in total. The van der Waals surface area contributed by atoms with Gasteiger partial charge in [-0.15, -0.1) is 0 Å². The summed E-state index contributed by atoms with van der Waals surface area (Å²) in [4.78, 5) is 11.2. The van der Waals surface area contributed by atoms with Crippen LogP contribution in [0.25, 0.3) is 0 Å². The van der Waals surface area contributed by atoms with Gasteiger partial charge in [-0.1, -0.05) is 32.6 Å². The highest BCUT2D eigenvalue weighted by Gasteiger charge is 2.09. The van der Waals surface area contributed by atoms with Gasteiger partial charge in [0.2, 0.25) is 0 Å². The molecule has 0 bridgehead atoms. The second-order valence-corrected chi connectivity index (χ2v) is 4.38. The van der Waals surface area contributed by atoms with Crippen molar-refractivity contribution in [2.24, 2.45) is 5.73 Å². The van der Waals surface area contributed by atoms with E-state index in [1.165, 1.54) is 19.3 Å². The fraction of sp³-hybridized carbons (Fsp3) is 0.500. The number of carbonyl (C=O) groups excluding carboxylic acids is 1. The van der Waals surface area contributed by atoms with E-state index < -0.39 is 5.91 Å². The first-order valence-electron chi connectivity index (χ1n) is 6.47. The highest BCUT2D eigenvalue weighted by Crippen LogP contribution is 2.21. The number of nitrogen functional groups attached to an aromatic ring is 1. The van der Waals surface area contributed by atoms with Gasteiger partial charge in [0.05, 0.1) is 12.2 Å². The first-order valence-corrected chi connectivity index (χ1v) is 6.47.